The zero-order valence-electron chi connectivity index (χ0n) is 16.0. The highest BCUT2D eigenvalue weighted by molar-refractivity contribution is 8.01. The van der Waals surface area contributed by atoms with Crippen LogP contribution in [0.25, 0.3) is 0 Å². The molecule has 3 aromatic rings. The van der Waals surface area contributed by atoms with E-state index in [1.54, 1.807) is 55.5 Å². The molecule has 0 saturated heterocycles. The first-order valence-electron chi connectivity index (χ1n) is 8.95. The fourth-order valence-electron chi connectivity index (χ4n) is 2.31. The van der Waals surface area contributed by atoms with E-state index in [9.17, 15) is 14.4 Å². The van der Waals surface area contributed by atoms with Crippen molar-refractivity contribution >= 4 is 51.7 Å². The van der Waals surface area contributed by atoms with E-state index in [2.05, 4.69) is 20.8 Å². The molecule has 0 aliphatic heterocycles. The molecule has 8 nitrogen and oxygen atoms in total. The summed E-state index contributed by atoms with van der Waals surface area (Å²) >= 11 is 2.40. The number of aromatic nitrogens is 2. The van der Waals surface area contributed by atoms with Crippen molar-refractivity contribution in [2.75, 3.05) is 23.0 Å². The predicted octanol–water partition coefficient (Wildman–Crippen LogP) is 3.70. The van der Waals surface area contributed by atoms with Crippen molar-refractivity contribution in [2.45, 2.75) is 11.3 Å². The first-order valence-corrected chi connectivity index (χ1v) is 10.7. The van der Waals surface area contributed by atoms with Gasteiger partial charge in [0.1, 0.15) is 0 Å². The molecule has 0 spiro atoms. The third-order valence-electron chi connectivity index (χ3n) is 3.67. The molecule has 10 heteroatoms. The molecule has 0 aliphatic rings. The van der Waals surface area contributed by atoms with E-state index >= 15 is 0 Å². The van der Waals surface area contributed by atoms with Gasteiger partial charge >= 0.3 is 5.97 Å². The molecular formula is C20H18N4O4S2. The van der Waals surface area contributed by atoms with Gasteiger partial charge in [0.2, 0.25) is 11.0 Å². The van der Waals surface area contributed by atoms with E-state index in [0.29, 0.717) is 32.9 Å². The maximum absolute atomic E-state index is 12.1. The lowest BCUT2D eigenvalue weighted by atomic mass is 10.2. The van der Waals surface area contributed by atoms with Crippen molar-refractivity contribution in [2.24, 2.45) is 0 Å². The summed E-state index contributed by atoms with van der Waals surface area (Å²) in [5.41, 5.74) is 1.51. The maximum Gasteiger partial charge on any atom is 0.338 e. The Bertz CT molecular complexity index is 1020. The number of carbonyl (C=O) groups is 3. The van der Waals surface area contributed by atoms with E-state index in [-0.39, 0.29) is 17.6 Å². The summed E-state index contributed by atoms with van der Waals surface area (Å²) in [5, 5.41) is 13.7. The summed E-state index contributed by atoms with van der Waals surface area (Å²) < 4.78 is 5.48. The number of nitrogens with one attached hydrogen (secondary N) is 2. The van der Waals surface area contributed by atoms with Gasteiger partial charge < -0.3 is 10.1 Å². The van der Waals surface area contributed by atoms with Crippen LogP contribution in [0.4, 0.5) is 10.8 Å². The Morgan fingerprint density at radius 3 is 2.40 bits per heavy atom. The molecule has 0 atom stereocenters. The van der Waals surface area contributed by atoms with Crippen LogP contribution in [-0.4, -0.2) is 40.3 Å². The van der Waals surface area contributed by atoms with Gasteiger partial charge in [0.05, 0.1) is 17.9 Å². The number of hydrogen-bond donors (Lipinski definition) is 2. The monoisotopic (exact) mass is 442 g/mol. The molecule has 30 heavy (non-hydrogen) atoms. The third kappa shape index (κ3) is 6.13. The van der Waals surface area contributed by atoms with Gasteiger partial charge in [-0.2, -0.15) is 0 Å². The Morgan fingerprint density at radius 2 is 1.70 bits per heavy atom. The van der Waals surface area contributed by atoms with Gasteiger partial charge in [0.15, 0.2) is 4.34 Å². The molecule has 2 N–H and O–H groups in total. The zero-order chi connectivity index (χ0) is 21.3. The second-order valence-corrected chi connectivity index (χ2v) is 8.03. The Labute approximate surface area is 181 Å². The normalized spacial score (nSPS) is 10.3. The molecule has 3 rings (SSSR count). The molecule has 154 valence electrons. The molecule has 2 aromatic carbocycles. The molecule has 0 saturated carbocycles. The molecule has 0 fully saturated rings. The zero-order valence-corrected chi connectivity index (χ0v) is 17.6. The Kier molecular flexibility index (Phi) is 7.52. The lowest BCUT2D eigenvalue weighted by Gasteiger charge is -2.06. The predicted molar refractivity (Wildman–Crippen MR) is 116 cm³/mol. The second kappa shape index (κ2) is 10.5. The van der Waals surface area contributed by atoms with Crippen molar-refractivity contribution in [1.29, 1.82) is 0 Å². The van der Waals surface area contributed by atoms with Crippen molar-refractivity contribution in [3.8, 4) is 0 Å². The van der Waals surface area contributed by atoms with Gasteiger partial charge in [-0.1, -0.05) is 41.3 Å². The van der Waals surface area contributed by atoms with Crippen LogP contribution < -0.4 is 10.6 Å². The number of nitrogens with zero attached hydrogens (tertiary/aromatic N) is 2. The number of esters is 1. The van der Waals surface area contributed by atoms with E-state index in [1.807, 2.05) is 6.07 Å². The SMILES string of the molecule is CCOC(=O)c1ccc(NC(=O)CSc2nnc(NC(=O)c3ccccc3)s2)cc1. The summed E-state index contributed by atoms with van der Waals surface area (Å²) in [4.78, 5) is 35.9. The highest BCUT2D eigenvalue weighted by Crippen LogP contribution is 2.26. The number of carbonyl (C=O) groups excluding carboxylic acids is 3. The van der Waals surface area contributed by atoms with Gasteiger partial charge in [0.25, 0.3) is 5.91 Å². The molecule has 0 aliphatic carbocycles. The molecule has 2 amide bonds. The molecule has 1 heterocycles. The summed E-state index contributed by atoms with van der Waals surface area (Å²) in [6, 6.07) is 15.2. The van der Waals surface area contributed by atoms with Crippen LogP contribution in [0.15, 0.2) is 58.9 Å². The highest BCUT2D eigenvalue weighted by Gasteiger charge is 2.12. The largest absolute Gasteiger partial charge is 0.462 e. The first-order chi connectivity index (χ1) is 14.5. The minimum atomic E-state index is -0.405. The van der Waals surface area contributed by atoms with Crippen LogP contribution in [0.2, 0.25) is 0 Å². The summed E-state index contributed by atoms with van der Waals surface area (Å²) in [6.07, 6.45) is 0. The Hall–Kier alpha value is -3.24. The molecule has 0 bridgehead atoms. The minimum Gasteiger partial charge on any atom is -0.462 e. The number of thioether (sulfide) groups is 1. The minimum absolute atomic E-state index is 0.126. The average Bonchev–Trinajstić information content (AvgIpc) is 3.21. The summed E-state index contributed by atoms with van der Waals surface area (Å²) in [7, 11) is 0. The quantitative estimate of drug-likeness (QED) is 0.311. The number of ether oxygens (including phenoxy) is 1. The van der Waals surface area contributed by atoms with E-state index in [4.69, 9.17) is 4.74 Å². The molecular weight excluding hydrogens is 424 g/mol. The van der Waals surface area contributed by atoms with Crippen LogP contribution in [0.1, 0.15) is 27.6 Å². The van der Waals surface area contributed by atoms with Gasteiger partial charge in [0, 0.05) is 11.3 Å². The van der Waals surface area contributed by atoms with Gasteiger partial charge in [-0.25, -0.2) is 4.79 Å². The van der Waals surface area contributed by atoms with E-state index in [1.165, 1.54) is 23.1 Å². The summed E-state index contributed by atoms with van der Waals surface area (Å²) in [5.74, 6) is -0.778. The van der Waals surface area contributed by atoms with Crippen LogP contribution in [0.3, 0.4) is 0 Å². The number of hydrogen-bond acceptors (Lipinski definition) is 8. The van der Waals surface area contributed by atoms with E-state index < -0.39 is 5.97 Å². The van der Waals surface area contributed by atoms with Crippen molar-refractivity contribution in [1.82, 2.24) is 10.2 Å². The molecule has 1 aromatic heterocycles. The van der Waals surface area contributed by atoms with Crippen LogP contribution in [0, 0.1) is 0 Å². The van der Waals surface area contributed by atoms with Crippen LogP contribution >= 0.6 is 23.1 Å². The standard InChI is InChI=1S/C20H18N4O4S2/c1-2-28-18(27)14-8-10-15(11-9-14)21-16(25)12-29-20-24-23-19(30-20)22-17(26)13-6-4-3-5-7-13/h3-11H,2,12H2,1H3,(H,21,25)(H,22,23,26). The van der Waals surface area contributed by atoms with Crippen molar-refractivity contribution in [3.05, 3.63) is 65.7 Å². The maximum atomic E-state index is 12.1. The topological polar surface area (TPSA) is 110 Å². The van der Waals surface area contributed by atoms with Gasteiger partial charge in [-0.05, 0) is 43.3 Å². The Balaban J connectivity index is 1.47. The van der Waals surface area contributed by atoms with Crippen LogP contribution in [-0.2, 0) is 9.53 Å². The first kappa shape index (κ1) is 21.5. The third-order valence-corrected chi connectivity index (χ3v) is 5.64. The smallest absolute Gasteiger partial charge is 0.338 e. The molecule has 0 unspecified atom stereocenters. The number of benzene rings is 2. The molecule has 0 radical (unpaired) electrons. The van der Waals surface area contributed by atoms with Crippen LogP contribution in [0.5, 0.6) is 0 Å². The number of amides is 2. The van der Waals surface area contributed by atoms with Gasteiger partial charge in [-0.3, -0.25) is 14.9 Å². The van der Waals surface area contributed by atoms with E-state index in [0.717, 1.165) is 0 Å². The number of anilines is 2. The lowest BCUT2D eigenvalue weighted by Crippen LogP contribution is -2.14. The highest BCUT2D eigenvalue weighted by atomic mass is 32.2. The fourth-order valence-corrected chi connectivity index (χ4v) is 3.85. The Morgan fingerprint density at radius 1 is 0.967 bits per heavy atom. The van der Waals surface area contributed by atoms with Gasteiger partial charge in [-0.15, -0.1) is 10.2 Å². The second-order valence-electron chi connectivity index (χ2n) is 5.83. The lowest BCUT2D eigenvalue weighted by molar-refractivity contribution is -0.113. The average molecular weight is 443 g/mol. The summed E-state index contributed by atoms with van der Waals surface area (Å²) in [6.45, 7) is 2.04. The van der Waals surface area contributed by atoms with Crippen molar-refractivity contribution < 1.29 is 19.1 Å². The number of rotatable bonds is 8. The van der Waals surface area contributed by atoms with Crippen molar-refractivity contribution in [3.63, 3.8) is 0 Å². The fraction of sp³-hybridized carbons (Fsp3) is 0.150.